The molecule has 162 valence electrons. The Morgan fingerprint density at radius 2 is 1.86 bits per heavy atom. The minimum absolute atomic E-state index is 0.227. The van der Waals surface area contributed by atoms with E-state index in [2.05, 4.69) is 10.1 Å². The minimum atomic E-state index is -4.59. The maximum Gasteiger partial charge on any atom is 0.425 e. The lowest BCUT2D eigenvalue weighted by Crippen LogP contribution is -2.49. The molecule has 1 amide bonds. The number of benzene rings is 1. The van der Waals surface area contributed by atoms with Gasteiger partial charge < -0.3 is 20.1 Å². The summed E-state index contributed by atoms with van der Waals surface area (Å²) in [5.41, 5.74) is 1.41. The quantitative estimate of drug-likeness (QED) is 0.709. The molecule has 1 aliphatic heterocycles. The Bertz CT molecular complexity index is 740. The number of carboxylic acid groups (broad SMARTS) is 1. The van der Waals surface area contributed by atoms with Gasteiger partial charge in [-0.2, -0.15) is 13.2 Å². The third-order valence-corrected chi connectivity index (χ3v) is 4.81. The molecule has 1 aromatic rings. The summed E-state index contributed by atoms with van der Waals surface area (Å²) in [5.74, 6) is -1.00. The molecule has 1 aliphatic rings. The zero-order chi connectivity index (χ0) is 21.8. The molecular formula is C18H23ClF3N3O4. The number of ether oxygens (including phenoxy) is 1. The molecule has 0 aromatic heterocycles. The summed E-state index contributed by atoms with van der Waals surface area (Å²) in [5, 5.41) is 12.5. The number of carbonyl (C=O) groups is 2. The van der Waals surface area contributed by atoms with Gasteiger partial charge in [-0.05, 0) is 31.5 Å². The maximum absolute atomic E-state index is 12.5. The number of anilines is 1. The van der Waals surface area contributed by atoms with E-state index < -0.39 is 30.4 Å². The van der Waals surface area contributed by atoms with Gasteiger partial charge in [-0.1, -0.05) is 17.7 Å². The first-order valence-corrected chi connectivity index (χ1v) is 9.37. The van der Waals surface area contributed by atoms with Crippen LogP contribution in [0.15, 0.2) is 18.2 Å². The molecule has 29 heavy (non-hydrogen) atoms. The van der Waals surface area contributed by atoms with Gasteiger partial charge in [-0.3, -0.25) is 9.69 Å². The van der Waals surface area contributed by atoms with Gasteiger partial charge in [0, 0.05) is 43.4 Å². The standard InChI is InChI=1S/C18H23ClF3N3O4/c1-11(16(26)27)23-15-9-14(19)4-3-13(15)10-24-5-7-25(8-6-24)17(28)29-12(2)18(20,21)22/h3-4,9,11-12,23H,5-8,10H2,1-2H3,(H,26,27)/t11-,12?/m1/s1. The van der Waals surface area contributed by atoms with Crippen LogP contribution in [0.5, 0.6) is 0 Å². The monoisotopic (exact) mass is 437 g/mol. The molecule has 11 heteroatoms. The molecule has 0 aliphatic carbocycles. The number of nitrogens with one attached hydrogen (secondary N) is 1. The zero-order valence-corrected chi connectivity index (χ0v) is 16.8. The number of carbonyl (C=O) groups excluding carboxylic acids is 1. The fourth-order valence-corrected chi connectivity index (χ4v) is 2.91. The van der Waals surface area contributed by atoms with Crippen LogP contribution in [0.25, 0.3) is 0 Å². The summed E-state index contributed by atoms with van der Waals surface area (Å²) in [6.07, 6.45) is -7.74. The van der Waals surface area contributed by atoms with E-state index in [1.807, 2.05) is 4.90 Å². The topological polar surface area (TPSA) is 82.1 Å². The van der Waals surface area contributed by atoms with Crippen LogP contribution >= 0.6 is 11.6 Å². The van der Waals surface area contributed by atoms with Gasteiger partial charge in [0.15, 0.2) is 6.10 Å². The lowest BCUT2D eigenvalue weighted by atomic mass is 10.1. The molecule has 2 N–H and O–H groups in total. The predicted octanol–water partition coefficient (Wildman–Crippen LogP) is 3.43. The molecular weight excluding hydrogens is 415 g/mol. The van der Waals surface area contributed by atoms with Crippen LogP contribution in [0, 0.1) is 0 Å². The summed E-state index contributed by atoms with van der Waals surface area (Å²) < 4.78 is 42.1. The second-order valence-corrected chi connectivity index (χ2v) is 7.27. The van der Waals surface area contributed by atoms with E-state index in [4.69, 9.17) is 16.7 Å². The SMILES string of the molecule is CC(OC(=O)N1CCN(Cc2ccc(Cl)cc2N[C@H](C)C(=O)O)CC1)C(F)(F)F. The van der Waals surface area contributed by atoms with Crippen molar-refractivity contribution in [2.75, 3.05) is 31.5 Å². The van der Waals surface area contributed by atoms with Gasteiger partial charge in [0.1, 0.15) is 6.04 Å². The number of rotatable bonds is 6. The number of alkyl halides is 3. The lowest BCUT2D eigenvalue weighted by Gasteiger charge is -2.35. The molecule has 0 saturated carbocycles. The van der Waals surface area contributed by atoms with E-state index in [-0.39, 0.29) is 13.1 Å². The van der Waals surface area contributed by atoms with E-state index in [1.54, 1.807) is 18.2 Å². The van der Waals surface area contributed by atoms with Crippen molar-refractivity contribution in [3.05, 3.63) is 28.8 Å². The second-order valence-electron chi connectivity index (χ2n) is 6.84. The molecule has 7 nitrogen and oxygen atoms in total. The van der Waals surface area contributed by atoms with Crippen molar-refractivity contribution >= 4 is 29.4 Å². The highest BCUT2D eigenvalue weighted by atomic mass is 35.5. The van der Waals surface area contributed by atoms with E-state index >= 15 is 0 Å². The smallest absolute Gasteiger partial charge is 0.425 e. The molecule has 0 spiro atoms. The first-order valence-electron chi connectivity index (χ1n) is 8.99. The van der Waals surface area contributed by atoms with Crippen molar-refractivity contribution < 1.29 is 32.6 Å². The van der Waals surface area contributed by atoms with Crippen molar-refractivity contribution in [1.29, 1.82) is 0 Å². The Balaban J connectivity index is 1.94. The molecule has 2 rings (SSSR count). The average Bonchev–Trinajstić information content (AvgIpc) is 2.63. The summed E-state index contributed by atoms with van der Waals surface area (Å²) >= 11 is 6.01. The van der Waals surface area contributed by atoms with Gasteiger partial charge in [0.2, 0.25) is 0 Å². The van der Waals surface area contributed by atoms with E-state index in [0.29, 0.717) is 30.3 Å². The molecule has 1 heterocycles. The van der Waals surface area contributed by atoms with Crippen LogP contribution in [0.2, 0.25) is 5.02 Å². The maximum atomic E-state index is 12.5. The first kappa shape index (κ1) is 23.1. The number of amides is 1. The largest absolute Gasteiger partial charge is 0.480 e. The van der Waals surface area contributed by atoms with Gasteiger partial charge in [0.05, 0.1) is 0 Å². The van der Waals surface area contributed by atoms with Crippen LogP contribution < -0.4 is 5.32 Å². The predicted molar refractivity (Wildman–Crippen MR) is 101 cm³/mol. The van der Waals surface area contributed by atoms with Crippen molar-refractivity contribution in [1.82, 2.24) is 9.80 Å². The summed E-state index contributed by atoms with van der Waals surface area (Å²) in [4.78, 5) is 26.3. The Kier molecular flexibility index (Phi) is 7.59. The Labute approximate surface area is 171 Å². The molecule has 1 unspecified atom stereocenters. The van der Waals surface area contributed by atoms with Crippen molar-refractivity contribution in [3.8, 4) is 0 Å². The third-order valence-electron chi connectivity index (χ3n) is 4.58. The number of hydrogen-bond donors (Lipinski definition) is 2. The number of hydrogen-bond acceptors (Lipinski definition) is 5. The van der Waals surface area contributed by atoms with Gasteiger partial charge in [-0.25, -0.2) is 4.79 Å². The zero-order valence-electron chi connectivity index (χ0n) is 16.0. The molecule has 0 bridgehead atoms. The Hall–Kier alpha value is -2.20. The van der Waals surface area contributed by atoms with Gasteiger partial charge in [-0.15, -0.1) is 0 Å². The molecule has 2 atom stereocenters. The summed E-state index contributed by atoms with van der Waals surface area (Å²) in [6, 6.07) is 4.31. The fourth-order valence-electron chi connectivity index (χ4n) is 2.74. The number of piperazine rings is 1. The lowest BCUT2D eigenvalue weighted by molar-refractivity contribution is -0.200. The normalized spacial score (nSPS) is 17.5. The second kappa shape index (κ2) is 9.53. The third kappa shape index (κ3) is 6.67. The van der Waals surface area contributed by atoms with Crippen molar-refractivity contribution in [2.45, 2.75) is 38.7 Å². The van der Waals surface area contributed by atoms with Crippen LogP contribution in [0.3, 0.4) is 0 Å². The highest BCUT2D eigenvalue weighted by Crippen LogP contribution is 2.25. The van der Waals surface area contributed by atoms with Gasteiger partial charge in [0.25, 0.3) is 0 Å². The van der Waals surface area contributed by atoms with Crippen molar-refractivity contribution in [3.63, 3.8) is 0 Å². The number of nitrogens with zero attached hydrogens (tertiary/aromatic N) is 2. The van der Waals surface area contributed by atoms with Crippen LogP contribution in [0.1, 0.15) is 19.4 Å². The van der Waals surface area contributed by atoms with E-state index in [0.717, 1.165) is 12.5 Å². The van der Waals surface area contributed by atoms with Gasteiger partial charge >= 0.3 is 18.2 Å². The van der Waals surface area contributed by atoms with Crippen LogP contribution in [-0.4, -0.2) is 71.5 Å². The van der Waals surface area contributed by atoms with Crippen LogP contribution in [-0.2, 0) is 16.1 Å². The van der Waals surface area contributed by atoms with Crippen molar-refractivity contribution in [2.24, 2.45) is 0 Å². The average molecular weight is 438 g/mol. The molecule has 1 fully saturated rings. The Morgan fingerprint density at radius 1 is 1.24 bits per heavy atom. The molecule has 0 radical (unpaired) electrons. The summed E-state index contributed by atoms with van der Waals surface area (Å²) in [6.45, 7) is 4.10. The number of halogens is 4. The van der Waals surface area contributed by atoms with E-state index in [1.165, 1.54) is 11.8 Å². The highest BCUT2D eigenvalue weighted by Gasteiger charge is 2.40. The minimum Gasteiger partial charge on any atom is -0.480 e. The number of carboxylic acids is 1. The highest BCUT2D eigenvalue weighted by molar-refractivity contribution is 6.30. The Morgan fingerprint density at radius 3 is 2.41 bits per heavy atom. The number of aliphatic carboxylic acids is 1. The summed E-state index contributed by atoms with van der Waals surface area (Å²) in [7, 11) is 0. The fraction of sp³-hybridized carbons (Fsp3) is 0.556. The molecule has 1 aromatic carbocycles. The van der Waals surface area contributed by atoms with Crippen LogP contribution in [0.4, 0.5) is 23.7 Å². The first-order chi connectivity index (χ1) is 13.5. The molecule has 1 saturated heterocycles. The van der Waals surface area contributed by atoms with E-state index in [9.17, 15) is 22.8 Å².